The lowest BCUT2D eigenvalue weighted by Crippen LogP contribution is -2.48. The van der Waals surface area contributed by atoms with Crippen molar-refractivity contribution < 1.29 is 9.47 Å². The molecule has 0 aliphatic carbocycles. The van der Waals surface area contributed by atoms with Crippen LogP contribution in [-0.2, 0) is 16.7 Å². The van der Waals surface area contributed by atoms with Gasteiger partial charge in [0.05, 0.1) is 24.4 Å². The van der Waals surface area contributed by atoms with Crippen LogP contribution in [0, 0.1) is 20.8 Å². The molecule has 2 N–H and O–H groups in total. The molecule has 172 valence electrons. The van der Waals surface area contributed by atoms with E-state index in [0.717, 1.165) is 61.6 Å². The summed E-state index contributed by atoms with van der Waals surface area (Å²) in [6.45, 7) is 12.1. The zero-order chi connectivity index (χ0) is 21.6. The van der Waals surface area contributed by atoms with Crippen LogP contribution in [0.3, 0.4) is 0 Å². The van der Waals surface area contributed by atoms with E-state index in [1.165, 1.54) is 16.0 Å². The maximum absolute atomic E-state index is 5.73. The van der Waals surface area contributed by atoms with Crippen LogP contribution in [-0.4, -0.2) is 44.4 Å². The van der Waals surface area contributed by atoms with Crippen molar-refractivity contribution in [3.63, 3.8) is 0 Å². The topological polar surface area (TPSA) is 67.8 Å². The highest BCUT2D eigenvalue weighted by Gasteiger charge is 2.37. The van der Waals surface area contributed by atoms with Gasteiger partial charge in [-0.3, -0.25) is 0 Å². The van der Waals surface area contributed by atoms with E-state index >= 15 is 0 Å². The first-order valence-corrected chi connectivity index (χ1v) is 11.5. The molecule has 0 saturated carbocycles. The summed E-state index contributed by atoms with van der Waals surface area (Å²) >= 11 is 1.72. The molecule has 0 atom stereocenters. The van der Waals surface area contributed by atoms with Crippen molar-refractivity contribution in [1.29, 1.82) is 0 Å². The molecule has 8 heteroatoms. The van der Waals surface area contributed by atoms with Gasteiger partial charge in [-0.25, -0.2) is 9.98 Å². The van der Waals surface area contributed by atoms with Gasteiger partial charge in [0.1, 0.15) is 5.75 Å². The summed E-state index contributed by atoms with van der Waals surface area (Å²) in [5, 5.41) is 8.08. The SMILES string of the molecule is CCNC(=NCc1sc(C)nc1C)NCC1(c2cc(C)ccc2OC)CCOCC1.I. The van der Waals surface area contributed by atoms with Crippen LogP contribution in [0.4, 0.5) is 0 Å². The summed E-state index contributed by atoms with van der Waals surface area (Å²) in [5.41, 5.74) is 3.52. The van der Waals surface area contributed by atoms with E-state index in [1.54, 1.807) is 18.4 Å². The standard InChI is InChI=1S/C23H34N4O2S.HI/c1-6-24-22(25-14-21-17(3)27-18(4)30-21)26-15-23(9-11-29-12-10-23)19-13-16(2)7-8-20(19)28-5;/h7-8,13H,6,9-12,14-15H2,1-5H3,(H2,24,25,26);1H. The Balaban J connectivity index is 0.00000341. The Kier molecular flexibility index (Phi) is 10.0. The maximum Gasteiger partial charge on any atom is 0.191 e. The number of aryl methyl sites for hydroxylation is 3. The van der Waals surface area contributed by atoms with E-state index < -0.39 is 0 Å². The quantitative estimate of drug-likeness (QED) is 0.298. The summed E-state index contributed by atoms with van der Waals surface area (Å²) in [6, 6.07) is 6.45. The molecule has 0 spiro atoms. The maximum atomic E-state index is 5.73. The molecule has 2 aromatic rings. The number of aliphatic imine (C=N–C) groups is 1. The number of halogens is 1. The molecule has 1 aliphatic rings. The Labute approximate surface area is 207 Å². The second-order valence-electron chi connectivity index (χ2n) is 7.89. The average Bonchev–Trinajstić information content (AvgIpc) is 3.07. The molecule has 2 heterocycles. The van der Waals surface area contributed by atoms with Crippen LogP contribution in [0.1, 0.15) is 46.5 Å². The number of thiazole rings is 1. The molecule has 6 nitrogen and oxygen atoms in total. The van der Waals surface area contributed by atoms with E-state index in [1.807, 2.05) is 6.92 Å². The number of guanidine groups is 1. The Morgan fingerprint density at radius 2 is 1.97 bits per heavy atom. The molecule has 1 aromatic heterocycles. The third-order valence-corrected chi connectivity index (χ3v) is 6.75. The van der Waals surface area contributed by atoms with Crippen molar-refractivity contribution >= 4 is 41.3 Å². The Morgan fingerprint density at radius 3 is 2.58 bits per heavy atom. The van der Waals surface area contributed by atoms with E-state index in [-0.39, 0.29) is 29.4 Å². The minimum Gasteiger partial charge on any atom is -0.496 e. The number of hydrogen-bond acceptors (Lipinski definition) is 5. The minimum atomic E-state index is -0.0528. The highest BCUT2D eigenvalue weighted by molar-refractivity contribution is 14.0. The number of nitrogens with one attached hydrogen (secondary N) is 2. The molecule has 0 bridgehead atoms. The van der Waals surface area contributed by atoms with Gasteiger partial charge < -0.3 is 20.1 Å². The van der Waals surface area contributed by atoms with Gasteiger partial charge in [0.2, 0.25) is 0 Å². The lowest BCUT2D eigenvalue weighted by molar-refractivity contribution is 0.0505. The van der Waals surface area contributed by atoms with Gasteiger partial charge in [-0.1, -0.05) is 17.7 Å². The fourth-order valence-electron chi connectivity index (χ4n) is 4.01. The second-order valence-corrected chi connectivity index (χ2v) is 9.17. The molecular formula is C23H35IN4O2S. The molecule has 1 fully saturated rings. The second kappa shape index (κ2) is 12.0. The van der Waals surface area contributed by atoms with Crippen molar-refractivity contribution in [2.45, 2.75) is 52.5 Å². The Hall–Kier alpha value is -1.39. The van der Waals surface area contributed by atoms with Gasteiger partial charge in [-0.15, -0.1) is 35.3 Å². The predicted molar refractivity (Wildman–Crippen MR) is 139 cm³/mol. The van der Waals surface area contributed by atoms with Crippen molar-refractivity contribution in [2.75, 3.05) is 33.4 Å². The first kappa shape index (κ1) is 25.9. The van der Waals surface area contributed by atoms with Gasteiger partial charge in [0.25, 0.3) is 0 Å². The Morgan fingerprint density at radius 1 is 1.23 bits per heavy atom. The number of hydrogen-bond donors (Lipinski definition) is 2. The first-order chi connectivity index (χ1) is 14.5. The number of benzene rings is 1. The molecule has 3 rings (SSSR count). The largest absolute Gasteiger partial charge is 0.496 e. The van der Waals surface area contributed by atoms with Crippen LogP contribution in [0.5, 0.6) is 5.75 Å². The highest BCUT2D eigenvalue weighted by atomic mass is 127. The number of ether oxygens (including phenoxy) is 2. The van der Waals surface area contributed by atoms with Crippen molar-refractivity contribution in [3.05, 3.63) is 44.9 Å². The number of methoxy groups -OCH3 is 1. The van der Waals surface area contributed by atoms with Gasteiger partial charge in [-0.05, 0) is 46.6 Å². The van der Waals surface area contributed by atoms with Crippen LogP contribution in [0.25, 0.3) is 0 Å². The average molecular weight is 559 g/mol. The minimum absolute atomic E-state index is 0. The third-order valence-electron chi connectivity index (χ3n) is 5.70. The van der Waals surface area contributed by atoms with Crippen molar-refractivity contribution in [3.8, 4) is 5.75 Å². The zero-order valence-corrected chi connectivity index (χ0v) is 22.4. The van der Waals surface area contributed by atoms with Crippen molar-refractivity contribution in [2.24, 2.45) is 4.99 Å². The van der Waals surface area contributed by atoms with Crippen LogP contribution >= 0.6 is 35.3 Å². The molecule has 1 aliphatic heterocycles. The number of rotatable bonds is 7. The molecule has 1 aromatic carbocycles. The number of nitrogens with zero attached hydrogens (tertiary/aromatic N) is 2. The summed E-state index contributed by atoms with van der Waals surface area (Å²) in [5.74, 6) is 1.78. The molecule has 31 heavy (non-hydrogen) atoms. The van der Waals surface area contributed by atoms with E-state index in [4.69, 9.17) is 14.5 Å². The molecule has 1 saturated heterocycles. The fraction of sp³-hybridized carbons (Fsp3) is 0.565. The normalized spacial score (nSPS) is 15.8. The summed E-state index contributed by atoms with van der Waals surface area (Å²) in [6.07, 6.45) is 1.90. The first-order valence-electron chi connectivity index (χ1n) is 10.7. The summed E-state index contributed by atoms with van der Waals surface area (Å²) < 4.78 is 11.4. The lowest BCUT2D eigenvalue weighted by Gasteiger charge is -2.39. The lowest BCUT2D eigenvalue weighted by atomic mass is 9.73. The highest BCUT2D eigenvalue weighted by Crippen LogP contribution is 2.40. The third kappa shape index (κ3) is 6.55. The molecule has 0 radical (unpaired) electrons. The van der Waals surface area contributed by atoms with Gasteiger partial charge in [0, 0.05) is 42.2 Å². The molecule has 0 unspecified atom stereocenters. The molecular weight excluding hydrogens is 523 g/mol. The van der Waals surface area contributed by atoms with Crippen LogP contribution < -0.4 is 15.4 Å². The molecule has 0 amide bonds. The zero-order valence-electron chi connectivity index (χ0n) is 19.2. The van der Waals surface area contributed by atoms with E-state index in [0.29, 0.717) is 6.54 Å². The van der Waals surface area contributed by atoms with Gasteiger partial charge in [-0.2, -0.15) is 0 Å². The predicted octanol–water partition coefficient (Wildman–Crippen LogP) is 4.50. The van der Waals surface area contributed by atoms with Crippen LogP contribution in [0.15, 0.2) is 23.2 Å². The van der Waals surface area contributed by atoms with E-state index in [9.17, 15) is 0 Å². The summed E-state index contributed by atoms with van der Waals surface area (Å²) in [4.78, 5) is 10.6. The fourth-order valence-corrected chi connectivity index (χ4v) is 4.87. The summed E-state index contributed by atoms with van der Waals surface area (Å²) in [7, 11) is 1.75. The van der Waals surface area contributed by atoms with Gasteiger partial charge >= 0.3 is 0 Å². The number of aromatic nitrogens is 1. The van der Waals surface area contributed by atoms with Gasteiger partial charge in [0.15, 0.2) is 5.96 Å². The van der Waals surface area contributed by atoms with E-state index in [2.05, 4.69) is 54.6 Å². The van der Waals surface area contributed by atoms with Crippen LogP contribution in [0.2, 0.25) is 0 Å². The van der Waals surface area contributed by atoms with Crippen molar-refractivity contribution in [1.82, 2.24) is 15.6 Å². The Bertz CT molecular complexity index is 878. The smallest absolute Gasteiger partial charge is 0.191 e. The monoisotopic (exact) mass is 558 g/mol.